The van der Waals surface area contributed by atoms with E-state index in [1.165, 1.54) is 5.56 Å². The van der Waals surface area contributed by atoms with Gasteiger partial charge in [-0.2, -0.15) is 0 Å². The molecule has 19 heavy (non-hydrogen) atoms. The number of phenolic OH excluding ortho intramolecular Hbond substituents is 1. The van der Waals surface area contributed by atoms with Gasteiger partial charge in [0.15, 0.2) is 0 Å². The van der Waals surface area contributed by atoms with Gasteiger partial charge in [0.2, 0.25) is 0 Å². The number of rotatable bonds is 2. The first-order chi connectivity index (χ1) is 8.48. The van der Waals surface area contributed by atoms with E-state index in [-0.39, 0.29) is 16.9 Å². The smallest absolute Gasteiger partial charge is 0.124 e. The van der Waals surface area contributed by atoms with Crippen molar-refractivity contribution in [3.8, 4) is 5.75 Å². The predicted octanol–water partition coefficient (Wildman–Crippen LogP) is 4.40. The molecule has 0 aliphatic rings. The van der Waals surface area contributed by atoms with Crippen LogP contribution in [-0.4, -0.2) is 5.11 Å². The molecule has 0 saturated heterocycles. The Morgan fingerprint density at radius 1 is 1.05 bits per heavy atom. The first kappa shape index (κ1) is 16.0. The van der Waals surface area contributed by atoms with E-state index in [1.807, 2.05) is 6.92 Å². The van der Waals surface area contributed by atoms with Crippen LogP contribution < -0.4 is 5.73 Å². The maximum atomic E-state index is 10.5. The van der Waals surface area contributed by atoms with Crippen LogP contribution in [0.1, 0.15) is 77.6 Å². The Morgan fingerprint density at radius 3 is 1.95 bits per heavy atom. The maximum absolute atomic E-state index is 10.5. The van der Waals surface area contributed by atoms with E-state index >= 15 is 0 Å². The maximum Gasteiger partial charge on any atom is 0.124 e. The van der Waals surface area contributed by atoms with Gasteiger partial charge >= 0.3 is 0 Å². The monoisotopic (exact) mass is 263 g/mol. The summed E-state index contributed by atoms with van der Waals surface area (Å²) in [5.41, 5.74) is 9.21. The van der Waals surface area contributed by atoms with Crippen LogP contribution in [0.2, 0.25) is 0 Å². The summed E-state index contributed by atoms with van der Waals surface area (Å²) in [5, 5.41) is 10.5. The van der Waals surface area contributed by atoms with Crippen LogP contribution in [-0.2, 0) is 10.8 Å². The molecule has 1 atom stereocenters. The highest BCUT2D eigenvalue weighted by Gasteiger charge is 2.26. The third-order valence-electron chi connectivity index (χ3n) is 3.65. The normalized spacial score (nSPS) is 14.5. The number of aromatic hydroxyl groups is 1. The standard InChI is InChI=1S/C17H29NO/c1-8-14(18)12-9-11(16(2,3)4)10-13(15(12)19)17(5,6)7/h9-10,14,19H,8,18H2,1-7H3/t14-/m0/s1. The summed E-state index contributed by atoms with van der Waals surface area (Å²) < 4.78 is 0. The summed E-state index contributed by atoms with van der Waals surface area (Å²) in [5.74, 6) is 0.370. The Bertz CT molecular complexity index is 450. The fraction of sp³-hybridized carbons (Fsp3) is 0.647. The van der Waals surface area contributed by atoms with Crippen LogP contribution >= 0.6 is 0 Å². The topological polar surface area (TPSA) is 46.2 Å². The molecule has 0 amide bonds. The molecule has 0 bridgehead atoms. The van der Waals surface area contributed by atoms with E-state index in [1.54, 1.807) is 0 Å². The van der Waals surface area contributed by atoms with Gasteiger partial charge < -0.3 is 10.8 Å². The molecule has 2 heteroatoms. The highest BCUT2D eigenvalue weighted by atomic mass is 16.3. The second kappa shape index (κ2) is 5.16. The molecule has 0 heterocycles. The van der Waals surface area contributed by atoms with Gasteiger partial charge in [0, 0.05) is 11.6 Å². The van der Waals surface area contributed by atoms with Gasteiger partial charge in [-0.15, -0.1) is 0 Å². The molecule has 0 saturated carbocycles. The molecule has 1 aromatic rings. The van der Waals surface area contributed by atoms with Crippen LogP contribution in [0.4, 0.5) is 0 Å². The molecule has 1 aromatic carbocycles. The molecular weight excluding hydrogens is 234 g/mol. The number of hydrogen-bond donors (Lipinski definition) is 2. The summed E-state index contributed by atoms with van der Waals surface area (Å²) in [7, 11) is 0. The summed E-state index contributed by atoms with van der Waals surface area (Å²) >= 11 is 0. The minimum absolute atomic E-state index is 0.0515. The van der Waals surface area contributed by atoms with E-state index in [0.717, 1.165) is 17.5 Å². The summed E-state index contributed by atoms with van der Waals surface area (Å²) in [6.07, 6.45) is 0.824. The Kier molecular flexibility index (Phi) is 4.36. The molecule has 108 valence electrons. The van der Waals surface area contributed by atoms with Crippen molar-refractivity contribution in [1.29, 1.82) is 0 Å². The van der Waals surface area contributed by atoms with Gasteiger partial charge in [-0.05, 0) is 34.4 Å². The lowest BCUT2D eigenvalue weighted by molar-refractivity contribution is 0.431. The highest BCUT2D eigenvalue weighted by molar-refractivity contribution is 5.49. The first-order valence-corrected chi connectivity index (χ1v) is 7.12. The molecule has 2 nitrogen and oxygen atoms in total. The van der Waals surface area contributed by atoms with Crippen LogP contribution in [0.3, 0.4) is 0 Å². The van der Waals surface area contributed by atoms with Crippen LogP contribution in [0.5, 0.6) is 5.75 Å². The third kappa shape index (κ3) is 3.50. The fourth-order valence-corrected chi connectivity index (χ4v) is 2.16. The molecule has 0 aliphatic heterocycles. The molecule has 3 N–H and O–H groups in total. The van der Waals surface area contributed by atoms with Gasteiger partial charge in [-0.1, -0.05) is 54.5 Å². The van der Waals surface area contributed by atoms with Gasteiger partial charge in [-0.3, -0.25) is 0 Å². The van der Waals surface area contributed by atoms with Gasteiger partial charge in [0.1, 0.15) is 5.75 Å². The molecule has 0 aliphatic carbocycles. The minimum atomic E-state index is -0.108. The molecule has 0 unspecified atom stereocenters. The molecule has 0 radical (unpaired) electrons. The second-order valence-corrected chi connectivity index (χ2v) is 7.48. The van der Waals surface area contributed by atoms with Crippen molar-refractivity contribution in [3.05, 3.63) is 28.8 Å². The second-order valence-electron chi connectivity index (χ2n) is 7.48. The van der Waals surface area contributed by atoms with Crippen molar-refractivity contribution in [1.82, 2.24) is 0 Å². The van der Waals surface area contributed by atoms with E-state index < -0.39 is 0 Å². The Morgan fingerprint density at radius 2 is 1.58 bits per heavy atom. The average molecular weight is 263 g/mol. The van der Waals surface area contributed by atoms with E-state index in [9.17, 15) is 5.11 Å². The van der Waals surface area contributed by atoms with Crippen LogP contribution in [0.25, 0.3) is 0 Å². The third-order valence-corrected chi connectivity index (χ3v) is 3.65. The zero-order valence-electron chi connectivity index (χ0n) is 13.5. The Hall–Kier alpha value is -1.02. The average Bonchev–Trinajstić information content (AvgIpc) is 2.25. The fourth-order valence-electron chi connectivity index (χ4n) is 2.16. The van der Waals surface area contributed by atoms with Gasteiger partial charge in [0.05, 0.1) is 0 Å². The van der Waals surface area contributed by atoms with Crippen molar-refractivity contribution in [2.45, 2.75) is 71.8 Å². The molecule has 1 rings (SSSR count). The van der Waals surface area contributed by atoms with Crippen molar-refractivity contribution in [3.63, 3.8) is 0 Å². The van der Waals surface area contributed by atoms with E-state index in [4.69, 9.17) is 5.73 Å². The van der Waals surface area contributed by atoms with Gasteiger partial charge in [0.25, 0.3) is 0 Å². The Labute approximate surface area is 118 Å². The predicted molar refractivity (Wildman–Crippen MR) is 82.7 cm³/mol. The van der Waals surface area contributed by atoms with Crippen molar-refractivity contribution >= 4 is 0 Å². The van der Waals surface area contributed by atoms with Crippen molar-refractivity contribution in [2.24, 2.45) is 5.73 Å². The highest BCUT2D eigenvalue weighted by Crippen LogP contribution is 2.39. The summed E-state index contributed by atoms with van der Waals surface area (Å²) in [6.45, 7) is 15.0. The first-order valence-electron chi connectivity index (χ1n) is 7.12. The number of hydrogen-bond acceptors (Lipinski definition) is 2. The Balaban J connectivity index is 3.57. The van der Waals surface area contributed by atoms with E-state index in [0.29, 0.717) is 5.75 Å². The summed E-state index contributed by atoms with van der Waals surface area (Å²) in [4.78, 5) is 0. The van der Waals surface area contributed by atoms with E-state index in [2.05, 4.69) is 53.7 Å². The molecule has 0 aromatic heterocycles. The number of nitrogens with two attached hydrogens (primary N) is 1. The zero-order chi connectivity index (χ0) is 15.0. The molecule has 0 fully saturated rings. The molecule has 0 spiro atoms. The van der Waals surface area contributed by atoms with Crippen LogP contribution in [0.15, 0.2) is 12.1 Å². The lowest BCUT2D eigenvalue weighted by atomic mass is 9.78. The minimum Gasteiger partial charge on any atom is -0.507 e. The van der Waals surface area contributed by atoms with Crippen molar-refractivity contribution < 1.29 is 5.11 Å². The number of phenols is 1. The van der Waals surface area contributed by atoms with Crippen molar-refractivity contribution in [2.75, 3.05) is 0 Å². The largest absolute Gasteiger partial charge is 0.507 e. The molecular formula is C17H29NO. The van der Waals surface area contributed by atoms with Crippen LogP contribution in [0, 0.1) is 0 Å². The summed E-state index contributed by atoms with van der Waals surface area (Å²) in [6, 6.07) is 4.09. The SMILES string of the molecule is CC[C@H](N)c1cc(C(C)(C)C)cc(C(C)(C)C)c1O. The number of benzene rings is 1. The zero-order valence-corrected chi connectivity index (χ0v) is 13.5. The quantitative estimate of drug-likeness (QED) is 0.831. The lowest BCUT2D eigenvalue weighted by Crippen LogP contribution is -2.19. The lowest BCUT2D eigenvalue weighted by Gasteiger charge is -2.28. The van der Waals surface area contributed by atoms with Gasteiger partial charge in [-0.25, -0.2) is 0 Å².